The molecule has 9 heteroatoms. The summed E-state index contributed by atoms with van der Waals surface area (Å²) in [6.07, 6.45) is 2.14. The second kappa shape index (κ2) is 11.3. The standard InChI is InChI=1S/C28H32N4O3S2/c29-28-31-24-12-11-22(18-26(24)36-28)27(33)25(19-30-37(34,35)23-9-5-2-6-10-23)32-15-13-21(14-16-32)17-20-7-3-1-4-8-20/h1-12,18,21,25,27,30,33H,13-17,19H2,(H2,29,31). The van der Waals surface area contributed by atoms with Gasteiger partial charge in [-0.25, -0.2) is 18.1 Å². The van der Waals surface area contributed by atoms with Crippen LogP contribution in [0.5, 0.6) is 0 Å². The lowest BCUT2D eigenvalue weighted by Gasteiger charge is -2.40. The minimum absolute atomic E-state index is 0.102. The Morgan fingerprint density at radius 2 is 1.70 bits per heavy atom. The van der Waals surface area contributed by atoms with Gasteiger partial charge in [0.05, 0.1) is 27.3 Å². The van der Waals surface area contributed by atoms with Gasteiger partial charge in [0, 0.05) is 6.54 Å². The van der Waals surface area contributed by atoms with Crippen LogP contribution in [0.25, 0.3) is 10.2 Å². The number of hydrogen-bond donors (Lipinski definition) is 3. The molecule has 0 aliphatic carbocycles. The molecule has 0 saturated carbocycles. The van der Waals surface area contributed by atoms with E-state index in [1.54, 1.807) is 30.3 Å². The average Bonchev–Trinajstić information content (AvgIpc) is 3.30. The predicted molar refractivity (Wildman–Crippen MR) is 149 cm³/mol. The molecule has 1 aliphatic rings. The van der Waals surface area contributed by atoms with Crippen LogP contribution in [0, 0.1) is 5.92 Å². The van der Waals surface area contributed by atoms with E-state index in [9.17, 15) is 13.5 Å². The van der Waals surface area contributed by atoms with Crippen molar-refractivity contribution in [1.82, 2.24) is 14.6 Å². The van der Waals surface area contributed by atoms with E-state index < -0.39 is 22.2 Å². The molecule has 3 aromatic carbocycles. The predicted octanol–water partition coefficient (Wildman–Crippen LogP) is 4.21. The van der Waals surface area contributed by atoms with Crippen molar-refractivity contribution in [3.05, 3.63) is 90.0 Å². The third kappa shape index (κ3) is 6.19. The summed E-state index contributed by atoms with van der Waals surface area (Å²) in [5.41, 5.74) is 8.73. The molecule has 37 heavy (non-hydrogen) atoms. The van der Waals surface area contributed by atoms with Crippen molar-refractivity contribution in [2.45, 2.75) is 36.3 Å². The van der Waals surface area contributed by atoms with Gasteiger partial charge in [0.2, 0.25) is 10.0 Å². The Bertz CT molecular complexity index is 1420. The largest absolute Gasteiger partial charge is 0.387 e. The number of nitrogens with zero attached hydrogens (tertiary/aromatic N) is 2. The number of hydrogen-bond acceptors (Lipinski definition) is 7. The molecule has 1 aromatic heterocycles. The average molecular weight is 537 g/mol. The zero-order valence-electron chi connectivity index (χ0n) is 20.5. The Balaban J connectivity index is 1.34. The van der Waals surface area contributed by atoms with Crippen molar-refractivity contribution in [3.8, 4) is 0 Å². The number of piperidine rings is 1. The summed E-state index contributed by atoms with van der Waals surface area (Å²) in [5.74, 6) is 0.564. The molecule has 0 spiro atoms. The third-order valence-electron chi connectivity index (χ3n) is 7.16. The fraction of sp³-hybridized carbons (Fsp3) is 0.321. The van der Waals surface area contributed by atoms with Crippen LogP contribution in [-0.2, 0) is 16.4 Å². The highest BCUT2D eigenvalue weighted by atomic mass is 32.2. The van der Waals surface area contributed by atoms with Gasteiger partial charge in [0.25, 0.3) is 0 Å². The molecule has 7 nitrogen and oxygen atoms in total. The van der Waals surface area contributed by atoms with Gasteiger partial charge in [-0.2, -0.15) is 0 Å². The van der Waals surface area contributed by atoms with Crippen molar-refractivity contribution in [2.24, 2.45) is 5.92 Å². The molecule has 0 amide bonds. The number of aromatic nitrogens is 1. The molecule has 194 valence electrons. The maximum absolute atomic E-state index is 13.0. The molecular formula is C28H32N4O3S2. The maximum atomic E-state index is 13.0. The Hall–Kier alpha value is -2.82. The second-order valence-corrected chi connectivity index (χ2v) is 12.5. The number of aliphatic hydroxyl groups excluding tert-OH is 1. The van der Waals surface area contributed by atoms with Crippen molar-refractivity contribution < 1.29 is 13.5 Å². The number of fused-ring (bicyclic) bond motifs is 1. The number of benzene rings is 3. The van der Waals surface area contributed by atoms with Crippen LogP contribution in [0.15, 0.2) is 83.8 Å². The quantitative estimate of drug-likeness (QED) is 0.296. The normalized spacial score (nSPS) is 17.1. The number of nitrogen functional groups attached to an aromatic ring is 1. The van der Waals surface area contributed by atoms with Crippen molar-refractivity contribution in [3.63, 3.8) is 0 Å². The number of likely N-dealkylation sites (tertiary alicyclic amines) is 1. The van der Waals surface area contributed by atoms with Crippen LogP contribution in [0.4, 0.5) is 5.13 Å². The molecule has 0 radical (unpaired) electrons. The maximum Gasteiger partial charge on any atom is 0.240 e. The van der Waals surface area contributed by atoms with E-state index in [0.717, 1.165) is 48.1 Å². The van der Waals surface area contributed by atoms with Gasteiger partial charge in [0.1, 0.15) is 0 Å². The van der Waals surface area contributed by atoms with Crippen molar-refractivity contribution >= 4 is 36.7 Å². The molecule has 1 saturated heterocycles. The van der Waals surface area contributed by atoms with Gasteiger partial charge in [-0.1, -0.05) is 65.9 Å². The SMILES string of the molecule is Nc1nc2ccc(C(O)C(CNS(=O)(=O)c3ccccc3)N3CCC(Cc4ccccc4)CC3)cc2s1. The summed E-state index contributed by atoms with van der Waals surface area (Å²) in [4.78, 5) is 6.75. The number of anilines is 1. The number of nitrogens with one attached hydrogen (secondary N) is 1. The van der Waals surface area contributed by atoms with Crippen LogP contribution in [-0.4, -0.2) is 49.1 Å². The lowest BCUT2D eigenvalue weighted by molar-refractivity contribution is 0.0307. The number of nitrogens with two attached hydrogens (primary N) is 1. The Kier molecular flexibility index (Phi) is 7.87. The molecule has 2 heterocycles. The summed E-state index contributed by atoms with van der Waals surface area (Å²) in [5, 5.41) is 12.0. The first kappa shape index (κ1) is 25.8. The smallest absolute Gasteiger partial charge is 0.240 e. The Labute approximate surface area is 222 Å². The zero-order valence-corrected chi connectivity index (χ0v) is 22.2. The topological polar surface area (TPSA) is 109 Å². The summed E-state index contributed by atoms with van der Waals surface area (Å²) in [6, 6.07) is 24.1. The summed E-state index contributed by atoms with van der Waals surface area (Å²) < 4.78 is 29.6. The number of rotatable bonds is 9. The van der Waals surface area contributed by atoms with Gasteiger partial charge in [-0.3, -0.25) is 4.90 Å². The van der Waals surface area contributed by atoms with E-state index in [1.165, 1.54) is 16.9 Å². The van der Waals surface area contributed by atoms with Crippen LogP contribution < -0.4 is 10.5 Å². The summed E-state index contributed by atoms with van der Waals surface area (Å²) in [7, 11) is -3.70. The highest BCUT2D eigenvalue weighted by Gasteiger charge is 2.32. The number of thiazole rings is 1. The minimum Gasteiger partial charge on any atom is -0.387 e. The number of sulfonamides is 1. The molecule has 1 fully saturated rings. The third-order valence-corrected chi connectivity index (χ3v) is 9.44. The molecule has 2 unspecified atom stereocenters. The Morgan fingerprint density at radius 3 is 2.41 bits per heavy atom. The highest BCUT2D eigenvalue weighted by Crippen LogP contribution is 2.31. The van der Waals surface area contributed by atoms with E-state index in [4.69, 9.17) is 5.73 Å². The zero-order chi connectivity index (χ0) is 25.8. The molecule has 4 N–H and O–H groups in total. The fourth-order valence-electron chi connectivity index (χ4n) is 5.12. The van der Waals surface area contributed by atoms with Crippen molar-refractivity contribution in [2.75, 3.05) is 25.4 Å². The van der Waals surface area contributed by atoms with Gasteiger partial charge < -0.3 is 10.8 Å². The number of aliphatic hydroxyl groups is 1. The van der Waals surface area contributed by atoms with E-state index in [1.807, 2.05) is 24.3 Å². The Morgan fingerprint density at radius 1 is 1.03 bits per heavy atom. The molecule has 4 aromatic rings. The van der Waals surface area contributed by atoms with E-state index >= 15 is 0 Å². The second-order valence-electron chi connectivity index (χ2n) is 9.63. The van der Waals surface area contributed by atoms with Crippen LogP contribution in [0.1, 0.15) is 30.1 Å². The molecule has 2 atom stereocenters. The molecule has 5 rings (SSSR count). The van der Waals surface area contributed by atoms with Gasteiger partial charge in [-0.15, -0.1) is 0 Å². The first-order valence-electron chi connectivity index (χ1n) is 12.6. The van der Waals surface area contributed by atoms with Crippen LogP contribution in [0.3, 0.4) is 0 Å². The summed E-state index contributed by atoms with van der Waals surface area (Å²) >= 11 is 1.38. The minimum atomic E-state index is -3.70. The lowest BCUT2D eigenvalue weighted by atomic mass is 9.88. The van der Waals surface area contributed by atoms with Crippen molar-refractivity contribution in [1.29, 1.82) is 0 Å². The van der Waals surface area contributed by atoms with Gasteiger partial charge >= 0.3 is 0 Å². The molecule has 1 aliphatic heterocycles. The first-order chi connectivity index (χ1) is 17.9. The fourth-order valence-corrected chi connectivity index (χ4v) is 6.97. The first-order valence-corrected chi connectivity index (χ1v) is 14.9. The van der Waals surface area contributed by atoms with Gasteiger partial charge in [-0.05, 0) is 73.7 Å². The van der Waals surface area contributed by atoms with E-state index in [-0.39, 0.29) is 11.4 Å². The van der Waals surface area contributed by atoms with Crippen LogP contribution >= 0.6 is 11.3 Å². The van der Waals surface area contributed by atoms with Crippen LogP contribution in [0.2, 0.25) is 0 Å². The summed E-state index contributed by atoms with van der Waals surface area (Å²) in [6.45, 7) is 1.69. The van der Waals surface area contributed by atoms with Gasteiger partial charge in [0.15, 0.2) is 5.13 Å². The van der Waals surface area contributed by atoms with E-state index in [2.05, 4.69) is 38.9 Å². The lowest BCUT2D eigenvalue weighted by Crippen LogP contribution is -2.50. The molecular weight excluding hydrogens is 504 g/mol. The highest BCUT2D eigenvalue weighted by molar-refractivity contribution is 7.89. The monoisotopic (exact) mass is 536 g/mol. The molecule has 0 bridgehead atoms. The van der Waals surface area contributed by atoms with E-state index in [0.29, 0.717) is 11.0 Å².